The minimum atomic E-state index is -3.57. The molecule has 0 aliphatic heterocycles. The Kier molecular flexibility index (Phi) is 4.65. The molecule has 0 aromatic rings. The summed E-state index contributed by atoms with van der Waals surface area (Å²) in [4.78, 5) is 0. The van der Waals surface area contributed by atoms with Crippen molar-refractivity contribution in [3.8, 4) is 0 Å². The van der Waals surface area contributed by atoms with Gasteiger partial charge in [0.15, 0.2) is 0 Å². The molecule has 0 fully saturated rings. The molecule has 11 heavy (non-hydrogen) atoms. The van der Waals surface area contributed by atoms with Gasteiger partial charge in [-0.3, -0.25) is 4.57 Å². The highest BCUT2D eigenvalue weighted by Crippen LogP contribution is 2.31. The molecule has 66 valence electrons. The first-order chi connectivity index (χ1) is 5.04. The smallest absolute Gasteiger partial charge is 0.303 e. The van der Waals surface area contributed by atoms with E-state index in [1.807, 2.05) is 0 Å². The van der Waals surface area contributed by atoms with Crippen molar-refractivity contribution in [2.45, 2.75) is 6.92 Å². The molecule has 1 unspecified atom stereocenters. The fourth-order valence-electron chi connectivity index (χ4n) is 0.431. The van der Waals surface area contributed by atoms with Crippen LogP contribution in [0.1, 0.15) is 6.92 Å². The van der Waals surface area contributed by atoms with Gasteiger partial charge in [0.2, 0.25) is 9.46 Å². The predicted octanol–water partition coefficient (Wildman–Crippen LogP) is 1.01. The lowest BCUT2D eigenvalue weighted by Gasteiger charge is -1.99. The van der Waals surface area contributed by atoms with Gasteiger partial charge in [0.25, 0.3) is 0 Å². The molecule has 0 spiro atoms. The first-order valence-electron chi connectivity index (χ1n) is 3.05. The molecular formula is C5H11O4PS. The zero-order valence-electron chi connectivity index (χ0n) is 6.24. The molecule has 0 rings (SSSR count). The van der Waals surface area contributed by atoms with E-state index in [0.717, 1.165) is 0 Å². The molecule has 0 amide bonds. The summed E-state index contributed by atoms with van der Waals surface area (Å²) in [6.45, 7) is 4.97. The standard InChI is InChI=1S/C5H11O4PS/c1-3-5-11(7,8)10(6)9-4-2/h3,10H,1,4-5H2,2H3. The Labute approximate surface area is 66.8 Å². The van der Waals surface area contributed by atoms with E-state index in [1.165, 1.54) is 6.08 Å². The average Bonchev–Trinajstić information content (AvgIpc) is 1.88. The molecule has 0 bridgehead atoms. The minimum absolute atomic E-state index is 0.147. The van der Waals surface area contributed by atoms with Gasteiger partial charge >= 0.3 is 7.23 Å². The lowest BCUT2D eigenvalue weighted by Crippen LogP contribution is -1.98. The van der Waals surface area contributed by atoms with Crippen LogP contribution in [0.25, 0.3) is 0 Å². The van der Waals surface area contributed by atoms with Crippen molar-refractivity contribution in [2.24, 2.45) is 0 Å². The molecule has 0 saturated heterocycles. The van der Waals surface area contributed by atoms with Gasteiger partial charge in [0, 0.05) is 0 Å². The second kappa shape index (κ2) is 4.70. The van der Waals surface area contributed by atoms with E-state index in [2.05, 4.69) is 11.1 Å². The lowest BCUT2D eigenvalue weighted by molar-refractivity contribution is 0.359. The zero-order chi connectivity index (χ0) is 8.91. The van der Waals surface area contributed by atoms with Gasteiger partial charge in [-0.1, -0.05) is 6.08 Å². The topological polar surface area (TPSA) is 60.4 Å². The summed E-state index contributed by atoms with van der Waals surface area (Å²) in [5, 5.41) is 0. The van der Waals surface area contributed by atoms with Gasteiger partial charge in [-0.2, -0.15) is 0 Å². The highest BCUT2D eigenvalue weighted by Gasteiger charge is 2.17. The minimum Gasteiger partial charge on any atom is -0.320 e. The zero-order valence-corrected chi connectivity index (χ0v) is 8.06. The second-order valence-corrected chi connectivity index (χ2v) is 6.97. The van der Waals surface area contributed by atoms with E-state index >= 15 is 0 Å². The van der Waals surface area contributed by atoms with E-state index in [0.29, 0.717) is 0 Å². The third-order valence-electron chi connectivity index (χ3n) is 0.853. The Hall–Kier alpha value is -0.120. The fraction of sp³-hybridized carbons (Fsp3) is 0.600. The molecule has 0 aliphatic carbocycles. The van der Waals surface area contributed by atoms with Gasteiger partial charge in [0.1, 0.15) is 0 Å². The summed E-state index contributed by atoms with van der Waals surface area (Å²) in [6.07, 6.45) is 1.19. The Morgan fingerprint density at radius 3 is 2.55 bits per heavy atom. The van der Waals surface area contributed by atoms with Crippen LogP contribution in [-0.4, -0.2) is 20.8 Å². The normalized spacial score (nSPS) is 14.3. The SMILES string of the molecule is C=CCS(=O)(=O)[PH](=O)OCC. The van der Waals surface area contributed by atoms with Crippen LogP contribution >= 0.6 is 7.23 Å². The van der Waals surface area contributed by atoms with E-state index in [9.17, 15) is 13.0 Å². The molecule has 0 aromatic heterocycles. The van der Waals surface area contributed by atoms with Gasteiger partial charge in [0.05, 0.1) is 12.4 Å². The molecular weight excluding hydrogens is 187 g/mol. The molecule has 0 N–H and O–H groups in total. The van der Waals surface area contributed by atoms with E-state index in [1.54, 1.807) is 6.92 Å². The van der Waals surface area contributed by atoms with Crippen LogP contribution in [-0.2, 0) is 18.5 Å². The van der Waals surface area contributed by atoms with Crippen LogP contribution in [0.5, 0.6) is 0 Å². The molecule has 0 saturated carbocycles. The van der Waals surface area contributed by atoms with Crippen molar-refractivity contribution in [3.05, 3.63) is 12.7 Å². The molecule has 0 radical (unpaired) electrons. The van der Waals surface area contributed by atoms with Crippen LogP contribution in [0.3, 0.4) is 0 Å². The monoisotopic (exact) mass is 198 g/mol. The molecule has 4 nitrogen and oxygen atoms in total. The second-order valence-electron chi connectivity index (χ2n) is 1.75. The summed E-state index contributed by atoms with van der Waals surface area (Å²) in [7, 11) is -6.49. The largest absolute Gasteiger partial charge is 0.320 e. The lowest BCUT2D eigenvalue weighted by atomic mass is 10.8. The first-order valence-corrected chi connectivity index (χ1v) is 6.74. The maximum absolute atomic E-state index is 10.9. The maximum Gasteiger partial charge on any atom is 0.303 e. The number of hydrogen-bond donors (Lipinski definition) is 0. The molecule has 0 heterocycles. The van der Waals surface area contributed by atoms with Crippen LogP contribution in [0, 0.1) is 0 Å². The Balaban J connectivity index is 4.31. The fourth-order valence-corrected chi connectivity index (χ4v) is 2.95. The van der Waals surface area contributed by atoms with E-state index in [4.69, 9.17) is 0 Å². The molecule has 6 heteroatoms. The van der Waals surface area contributed by atoms with Crippen molar-refractivity contribution < 1.29 is 17.5 Å². The van der Waals surface area contributed by atoms with Gasteiger partial charge in [-0.15, -0.1) is 6.58 Å². The van der Waals surface area contributed by atoms with E-state index < -0.39 is 16.7 Å². The maximum atomic E-state index is 10.9. The first kappa shape index (κ1) is 10.9. The number of hydrogen-bond acceptors (Lipinski definition) is 4. The molecule has 0 aromatic carbocycles. The van der Waals surface area contributed by atoms with Crippen molar-refractivity contribution >= 4 is 16.7 Å². The van der Waals surface area contributed by atoms with E-state index in [-0.39, 0.29) is 12.4 Å². The summed E-state index contributed by atoms with van der Waals surface area (Å²) < 4.78 is 37.0. The van der Waals surface area contributed by atoms with Crippen LogP contribution in [0.2, 0.25) is 0 Å². The average molecular weight is 198 g/mol. The molecule has 1 atom stereocenters. The third kappa shape index (κ3) is 3.70. The van der Waals surface area contributed by atoms with Crippen LogP contribution in [0.4, 0.5) is 0 Å². The molecule has 0 aliphatic rings. The summed E-state index contributed by atoms with van der Waals surface area (Å²) >= 11 is 0. The number of rotatable bonds is 5. The predicted molar refractivity (Wildman–Crippen MR) is 44.6 cm³/mol. The van der Waals surface area contributed by atoms with Crippen molar-refractivity contribution in [1.29, 1.82) is 0 Å². The van der Waals surface area contributed by atoms with Gasteiger partial charge in [-0.25, -0.2) is 8.42 Å². The van der Waals surface area contributed by atoms with Crippen molar-refractivity contribution in [1.82, 2.24) is 0 Å². The Bertz CT molecular complexity index is 243. The highest BCUT2D eigenvalue weighted by atomic mass is 32.8. The summed E-state index contributed by atoms with van der Waals surface area (Å²) in [5.74, 6) is -0.287. The quantitative estimate of drug-likeness (QED) is 0.488. The summed E-state index contributed by atoms with van der Waals surface area (Å²) in [5.41, 5.74) is 0. The third-order valence-corrected chi connectivity index (χ3v) is 4.94. The van der Waals surface area contributed by atoms with Crippen molar-refractivity contribution in [3.63, 3.8) is 0 Å². The van der Waals surface area contributed by atoms with Gasteiger partial charge in [-0.05, 0) is 6.92 Å². The Morgan fingerprint density at radius 2 is 2.18 bits per heavy atom. The highest BCUT2D eigenvalue weighted by molar-refractivity contribution is 8.44. The van der Waals surface area contributed by atoms with Crippen LogP contribution < -0.4 is 0 Å². The van der Waals surface area contributed by atoms with Gasteiger partial charge < -0.3 is 4.52 Å². The Morgan fingerprint density at radius 1 is 1.64 bits per heavy atom. The van der Waals surface area contributed by atoms with Crippen molar-refractivity contribution in [2.75, 3.05) is 12.4 Å². The summed E-state index contributed by atoms with van der Waals surface area (Å²) in [6, 6.07) is 0. The van der Waals surface area contributed by atoms with Crippen LogP contribution in [0.15, 0.2) is 12.7 Å².